The van der Waals surface area contributed by atoms with Gasteiger partial charge in [0.25, 0.3) is 0 Å². The molecule has 1 heterocycles. The molecule has 1 aromatic carbocycles. The maximum absolute atomic E-state index is 13.4. The highest BCUT2D eigenvalue weighted by Crippen LogP contribution is 2.25. The first kappa shape index (κ1) is 11.3. The molecule has 0 aliphatic carbocycles. The molecule has 0 saturated heterocycles. The molecule has 2 rings (SSSR count). The van der Waals surface area contributed by atoms with Gasteiger partial charge in [0.15, 0.2) is 0 Å². The van der Waals surface area contributed by atoms with Gasteiger partial charge in [-0.05, 0) is 30.7 Å². The number of carbonyl (C=O) groups excluding carboxylic acids is 1. The highest BCUT2D eigenvalue weighted by molar-refractivity contribution is 5.91. The summed E-state index contributed by atoms with van der Waals surface area (Å²) in [7, 11) is 1.25. The van der Waals surface area contributed by atoms with E-state index in [-0.39, 0.29) is 5.56 Å². The summed E-state index contributed by atoms with van der Waals surface area (Å²) < 4.78 is 22.8. The standard InChI is InChI=1S/C12H10FNO3/c1-7-11(6-14-17-7)8-3-9(12(15)16-2)5-10(13)4-8/h3-6H,1-2H3. The fourth-order valence-electron chi connectivity index (χ4n) is 1.56. The third kappa shape index (κ3) is 2.18. The number of esters is 1. The number of halogens is 1. The fraction of sp³-hybridized carbons (Fsp3) is 0.167. The van der Waals surface area contributed by atoms with Gasteiger partial charge in [-0.3, -0.25) is 0 Å². The SMILES string of the molecule is COC(=O)c1cc(F)cc(-c2cnoc2C)c1. The highest BCUT2D eigenvalue weighted by Gasteiger charge is 2.12. The molecule has 0 saturated carbocycles. The van der Waals surface area contributed by atoms with Crippen molar-refractivity contribution in [2.45, 2.75) is 6.92 Å². The number of ether oxygens (including phenoxy) is 1. The summed E-state index contributed by atoms with van der Waals surface area (Å²) in [5.41, 5.74) is 1.34. The molecular formula is C12H10FNO3. The maximum atomic E-state index is 13.4. The van der Waals surface area contributed by atoms with Crippen molar-refractivity contribution in [3.63, 3.8) is 0 Å². The van der Waals surface area contributed by atoms with E-state index < -0.39 is 11.8 Å². The van der Waals surface area contributed by atoms with Crippen molar-refractivity contribution in [3.8, 4) is 11.1 Å². The van der Waals surface area contributed by atoms with Crippen molar-refractivity contribution in [1.82, 2.24) is 5.16 Å². The average Bonchev–Trinajstić information content (AvgIpc) is 2.73. The third-order valence-electron chi connectivity index (χ3n) is 2.38. The predicted octanol–water partition coefficient (Wildman–Crippen LogP) is 2.58. The minimum atomic E-state index is -0.583. The van der Waals surface area contributed by atoms with E-state index in [0.29, 0.717) is 16.9 Å². The zero-order chi connectivity index (χ0) is 12.4. The lowest BCUT2D eigenvalue weighted by molar-refractivity contribution is 0.0600. The van der Waals surface area contributed by atoms with Crippen molar-refractivity contribution in [2.24, 2.45) is 0 Å². The van der Waals surface area contributed by atoms with Gasteiger partial charge in [0.2, 0.25) is 0 Å². The van der Waals surface area contributed by atoms with Crippen LogP contribution in [-0.2, 0) is 4.74 Å². The highest BCUT2D eigenvalue weighted by atomic mass is 19.1. The number of benzene rings is 1. The number of aromatic nitrogens is 1. The average molecular weight is 235 g/mol. The molecule has 0 aliphatic heterocycles. The van der Waals surface area contributed by atoms with Crippen molar-refractivity contribution in [3.05, 3.63) is 41.5 Å². The van der Waals surface area contributed by atoms with Gasteiger partial charge >= 0.3 is 5.97 Å². The molecule has 0 N–H and O–H groups in total. The quantitative estimate of drug-likeness (QED) is 0.750. The van der Waals surface area contributed by atoms with Crippen LogP contribution < -0.4 is 0 Å². The number of carbonyl (C=O) groups is 1. The monoisotopic (exact) mass is 235 g/mol. The lowest BCUT2D eigenvalue weighted by atomic mass is 10.0. The molecule has 4 nitrogen and oxygen atoms in total. The Hall–Kier alpha value is -2.17. The van der Waals surface area contributed by atoms with Gasteiger partial charge in [-0.25, -0.2) is 9.18 Å². The Morgan fingerprint density at radius 3 is 2.76 bits per heavy atom. The largest absolute Gasteiger partial charge is 0.465 e. The molecule has 0 spiro atoms. The Morgan fingerprint density at radius 2 is 2.18 bits per heavy atom. The van der Waals surface area contributed by atoms with E-state index in [1.807, 2.05) is 0 Å². The first-order valence-corrected chi connectivity index (χ1v) is 4.92. The number of hydrogen-bond acceptors (Lipinski definition) is 4. The van der Waals surface area contributed by atoms with Crippen LogP contribution in [0.3, 0.4) is 0 Å². The second-order valence-corrected chi connectivity index (χ2v) is 3.52. The zero-order valence-electron chi connectivity index (χ0n) is 9.36. The second kappa shape index (κ2) is 4.37. The summed E-state index contributed by atoms with van der Waals surface area (Å²) in [5.74, 6) is -0.533. The van der Waals surface area contributed by atoms with Gasteiger partial charge in [0, 0.05) is 5.56 Å². The van der Waals surface area contributed by atoms with Crippen LogP contribution in [0.25, 0.3) is 11.1 Å². The summed E-state index contributed by atoms with van der Waals surface area (Å²) >= 11 is 0. The second-order valence-electron chi connectivity index (χ2n) is 3.52. The van der Waals surface area contributed by atoms with Crippen LogP contribution >= 0.6 is 0 Å². The van der Waals surface area contributed by atoms with Crippen molar-refractivity contribution in [2.75, 3.05) is 7.11 Å². The summed E-state index contributed by atoms with van der Waals surface area (Å²) in [6.07, 6.45) is 1.48. The first-order valence-electron chi connectivity index (χ1n) is 4.92. The molecule has 0 amide bonds. The Bertz CT molecular complexity index is 563. The number of methoxy groups -OCH3 is 1. The molecule has 17 heavy (non-hydrogen) atoms. The van der Waals surface area contributed by atoms with Crippen LogP contribution in [0, 0.1) is 12.7 Å². The molecule has 5 heteroatoms. The molecule has 1 aromatic heterocycles. The van der Waals surface area contributed by atoms with Crippen LogP contribution in [0.2, 0.25) is 0 Å². The van der Waals surface area contributed by atoms with Gasteiger partial charge in [-0.15, -0.1) is 0 Å². The van der Waals surface area contributed by atoms with Gasteiger partial charge < -0.3 is 9.26 Å². The van der Waals surface area contributed by atoms with E-state index in [1.54, 1.807) is 6.92 Å². The van der Waals surface area contributed by atoms with Crippen LogP contribution in [0.1, 0.15) is 16.1 Å². The summed E-state index contributed by atoms with van der Waals surface area (Å²) in [4.78, 5) is 11.3. The van der Waals surface area contributed by atoms with Crippen LogP contribution in [-0.4, -0.2) is 18.2 Å². The fourth-order valence-corrected chi connectivity index (χ4v) is 1.56. The van der Waals surface area contributed by atoms with E-state index in [9.17, 15) is 9.18 Å². The molecule has 88 valence electrons. The van der Waals surface area contributed by atoms with E-state index in [4.69, 9.17) is 4.52 Å². The zero-order valence-corrected chi connectivity index (χ0v) is 9.36. The molecule has 0 radical (unpaired) electrons. The van der Waals surface area contributed by atoms with Crippen molar-refractivity contribution >= 4 is 5.97 Å². The minimum Gasteiger partial charge on any atom is -0.465 e. The molecular weight excluding hydrogens is 225 g/mol. The molecule has 0 bridgehead atoms. The Morgan fingerprint density at radius 1 is 1.41 bits per heavy atom. The smallest absolute Gasteiger partial charge is 0.337 e. The minimum absolute atomic E-state index is 0.156. The van der Waals surface area contributed by atoms with Gasteiger partial charge in [-0.1, -0.05) is 5.16 Å². The van der Waals surface area contributed by atoms with Crippen molar-refractivity contribution < 1.29 is 18.4 Å². The molecule has 0 aliphatic rings. The number of aryl methyl sites for hydroxylation is 1. The van der Waals surface area contributed by atoms with E-state index >= 15 is 0 Å². The van der Waals surface area contributed by atoms with E-state index in [2.05, 4.69) is 9.89 Å². The Labute approximate surface area is 97.0 Å². The number of rotatable bonds is 2. The molecule has 0 atom stereocenters. The molecule has 0 unspecified atom stereocenters. The van der Waals surface area contributed by atoms with Crippen LogP contribution in [0.4, 0.5) is 4.39 Å². The summed E-state index contributed by atoms with van der Waals surface area (Å²) in [6, 6.07) is 3.97. The van der Waals surface area contributed by atoms with Gasteiger partial charge in [-0.2, -0.15) is 0 Å². The Balaban J connectivity index is 2.53. The summed E-state index contributed by atoms with van der Waals surface area (Å²) in [6.45, 7) is 1.71. The topological polar surface area (TPSA) is 52.3 Å². The van der Waals surface area contributed by atoms with Crippen LogP contribution in [0.15, 0.2) is 28.9 Å². The number of nitrogens with zero attached hydrogens (tertiary/aromatic N) is 1. The Kier molecular flexibility index (Phi) is 2.91. The number of hydrogen-bond donors (Lipinski definition) is 0. The predicted molar refractivity (Wildman–Crippen MR) is 58.0 cm³/mol. The van der Waals surface area contributed by atoms with Gasteiger partial charge in [0.1, 0.15) is 11.6 Å². The normalized spacial score (nSPS) is 10.3. The van der Waals surface area contributed by atoms with E-state index in [0.717, 1.165) is 6.07 Å². The molecule has 0 fully saturated rings. The van der Waals surface area contributed by atoms with Crippen LogP contribution in [0.5, 0.6) is 0 Å². The lowest BCUT2D eigenvalue weighted by Crippen LogP contribution is -2.02. The van der Waals surface area contributed by atoms with Crippen molar-refractivity contribution in [1.29, 1.82) is 0 Å². The maximum Gasteiger partial charge on any atom is 0.337 e. The summed E-state index contributed by atoms with van der Waals surface area (Å²) in [5, 5.41) is 3.61. The first-order chi connectivity index (χ1) is 8.11. The van der Waals surface area contributed by atoms with Gasteiger partial charge in [0.05, 0.1) is 18.9 Å². The third-order valence-corrected chi connectivity index (χ3v) is 2.38. The molecule has 2 aromatic rings. The van der Waals surface area contributed by atoms with E-state index in [1.165, 1.54) is 25.4 Å². The lowest BCUT2D eigenvalue weighted by Gasteiger charge is -2.03.